The Labute approximate surface area is 246 Å². The van der Waals surface area contributed by atoms with E-state index in [1.807, 2.05) is 0 Å². The zero-order valence-electron chi connectivity index (χ0n) is 25.4. The van der Waals surface area contributed by atoms with Gasteiger partial charge >= 0.3 is 11.9 Å². The van der Waals surface area contributed by atoms with Crippen molar-refractivity contribution in [1.29, 1.82) is 0 Å². The third kappa shape index (κ3) is 18.4. The fraction of sp³-hybridized carbons (Fsp3) is 0.903. The van der Waals surface area contributed by atoms with E-state index in [4.69, 9.17) is 28.4 Å². The summed E-state index contributed by atoms with van der Waals surface area (Å²) in [5, 5.41) is 2.74. The molecule has 2 aliphatic rings. The van der Waals surface area contributed by atoms with Crippen molar-refractivity contribution in [3.8, 4) is 0 Å². The summed E-state index contributed by atoms with van der Waals surface area (Å²) in [4.78, 5) is 37.7. The average Bonchev–Trinajstić information content (AvgIpc) is 2.98. The fourth-order valence-corrected chi connectivity index (χ4v) is 4.92. The molecule has 1 N–H and O–H groups in total. The van der Waals surface area contributed by atoms with Crippen LogP contribution < -0.4 is 5.32 Å². The molecule has 0 aromatic carbocycles. The van der Waals surface area contributed by atoms with Crippen LogP contribution in [0.15, 0.2) is 0 Å². The largest absolute Gasteiger partial charge is 0.433 e. The van der Waals surface area contributed by atoms with Gasteiger partial charge in [-0.05, 0) is 12.8 Å². The van der Waals surface area contributed by atoms with Crippen molar-refractivity contribution in [1.82, 2.24) is 5.32 Å². The Kier molecular flexibility index (Phi) is 20.6. The number of amides is 1. The monoisotopic (exact) mass is 585 g/mol. The minimum absolute atomic E-state index is 0.0451. The maximum atomic E-state index is 12.8. The number of hydrogen-bond acceptors (Lipinski definition) is 9. The van der Waals surface area contributed by atoms with Crippen molar-refractivity contribution in [2.24, 2.45) is 0 Å². The lowest BCUT2D eigenvalue weighted by Gasteiger charge is -2.25. The summed E-state index contributed by atoms with van der Waals surface area (Å²) in [6.07, 6.45) is 17.5. The average molecular weight is 586 g/mol. The molecule has 0 aromatic rings. The number of unbranched alkanes of at least 4 members (excludes halogenated alkanes) is 14. The zero-order valence-corrected chi connectivity index (χ0v) is 25.4. The van der Waals surface area contributed by atoms with Crippen molar-refractivity contribution in [2.45, 2.75) is 141 Å². The first-order valence-electron chi connectivity index (χ1n) is 16.2. The van der Waals surface area contributed by atoms with Crippen molar-refractivity contribution in [2.75, 3.05) is 39.6 Å². The summed E-state index contributed by atoms with van der Waals surface area (Å²) in [7, 11) is 0. The van der Waals surface area contributed by atoms with Crippen LogP contribution in [0.1, 0.15) is 122 Å². The highest BCUT2D eigenvalue weighted by molar-refractivity contribution is 5.85. The normalized spacial score (nSPS) is 19.8. The van der Waals surface area contributed by atoms with Crippen LogP contribution in [0, 0.1) is 0 Å². The van der Waals surface area contributed by atoms with Gasteiger partial charge in [0.25, 0.3) is 0 Å². The highest BCUT2D eigenvalue weighted by Gasteiger charge is 2.28. The summed E-state index contributed by atoms with van der Waals surface area (Å²) in [6.45, 7) is 4.13. The molecular weight excluding hydrogens is 530 g/mol. The molecule has 0 aliphatic carbocycles. The molecule has 1 amide bonds. The molecule has 0 bridgehead atoms. The van der Waals surface area contributed by atoms with E-state index in [1.54, 1.807) is 0 Å². The minimum Gasteiger partial charge on any atom is -0.433 e. The zero-order chi connectivity index (χ0) is 29.4. The number of esters is 2. The van der Waals surface area contributed by atoms with Crippen LogP contribution in [-0.4, -0.2) is 76.1 Å². The van der Waals surface area contributed by atoms with Gasteiger partial charge in [-0.2, -0.15) is 0 Å². The first kappa shape index (κ1) is 35.4. The quantitative estimate of drug-likeness (QED) is 0.125. The number of hydrogen-bond donors (Lipinski definition) is 1. The standard InChI is InChI=1S/C31H55NO9/c1-2-3-4-5-6-7-8-9-10-11-12-13-14-15-16-17-27(33)32-26(31(35)41-30-25-37-21-23-39-30)18-19-28(34)40-29-24-36-20-22-38-29/h26,29-30H,2-25H2,1H3,(H,32,33)/t26-,29?,30?/m0/s1. The molecule has 2 saturated heterocycles. The van der Waals surface area contributed by atoms with Crippen LogP contribution in [0.3, 0.4) is 0 Å². The van der Waals surface area contributed by atoms with E-state index in [-0.39, 0.29) is 32.0 Å². The van der Waals surface area contributed by atoms with Crippen LogP contribution in [0.25, 0.3) is 0 Å². The number of nitrogens with one attached hydrogen (secondary N) is 1. The lowest BCUT2D eigenvalue weighted by atomic mass is 10.0. The van der Waals surface area contributed by atoms with Crippen molar-refractivity contribution in [3.63, 3.8) is 0 Å². The van der Waals surface area contributed by atoms with Gasteiger partial charge in [-0.3, -0.25) is 9.59 Å². The van der Waals surface area contributed by atoms with Gasteiger partial charge in [0, 0.05) is 12.8 Å². The van der Waals surface area contributed by atoms with Gasteiger partial charge in [0.1, 0.15) is 19.3 Å². The fourth-order valence-electron chi connectivity index (χ4n) is 4.92. The Morgan fingerprint density at radius 3 is 1.63 bits per heavy atom. The van der Waals surface area contributed by atoms with Crippen LogP contribution in [0.2, 0.25) is 0 Å². The number of ether oxygens (including phenoxy) is 6. The topological polar surface area (TPSA) is 119 Å². The summed E-state index contributed by atoms with van der Waals surface area (Å²) < 4.78 is 31.8. The Morgan fingerprint density at radius 1 is 0.659 bits per heavy atom. The van der Waals surface area contributed by atoms with Gasteiger partial charge in [-0.15, -0.1) is 0 Å². The summed E-state index contributed by atoms with van der Waals surface area (Å²) in [5.74, 6) is -1.43. The first-order chi connectivity index (χ1) is 20.1. The van der Waals surface area contributed by atoms with Gasteiger partial charge in [0.05, 0.1) is 26.4 Å². The number of rotatable bonds is 23. The molecule has 2 unspecified atom stereocenters. The molecule has 0 spiro atoms. The van der Waals surface area contributed by atoms with E-state index >= 15 is 0 Å². The second-order valence-corrected chi connectivity index (χ2v) is 11.0. The Hall–Kier alpha value is -1.75. The van der Waals surface area contributed by atoms with Crippen molar-refractivity contribution < 1.29 is 42.8 Å². The summed E-state index contributed by atoms with van der Waals surface area (Å²) >= 11 is 0. The lowest BCUT2D eigenvalue weighted by molar-refractivity contribution is -0.216. The maximum absolute atomic E-state index is 12.8. The molecule has 41 heavy (non-hydrogen) atoms. The Morgan fingerprint density at radius 2 is 1.15 bits per heavy atom. The molecule has 3 atom stereocenters. The van der Waals surface area contributed by atoms with E-state index in [1.165, 1.54) is 77.0 Å². The van der Waals surface area contributed by atoms with Gasteiger partial charge in [0.2, 0.25) is 18.5 Å². The van der Waals surface area contributed by atoms with E-state index in [0.29, 0.717) is 32.8 Å². The summed E-state index contributed by atoms with van der Waals surface area (Å²) in [5.41, 5.74) is 0. The molecule has 238 valence electrons. The van der Waals surface area contributed by atoms with Crippen LogP contribution in [0.4, 0.5) is 0 Å². The second-order valence-electron chi connectivity index (χ2n) is 11.0. The molecule has 10 heteroatoms. The molecule has 2 rings (SSSR count). The van der Waals surface area contributed by atoms with Crippen molar-refractivity contribution in [3.05, 3.63) is 0 Å². The SMILES string of the molecule is CCCCCCCCCCCCCCCCCC(=O)N[C@@H](CCC(=O)OC1COCCO1)C(=O)OC1COCCO1. The van der Waals surface area contributed by atoms with Crippen LogP contribution in [0.5, 0.6) is 0 Å². The molecule has 2 heterocycles. The highest BCUT2D eigenvalue weighted by Crippen LogP contribution is 2.14. The van der Waals surface area contributed by atoms with Crippen molar-refractivity contribution >= 4 is 17.8 Å². The number of carbonyl (C=O) groups is 3. The molecular formula is C31H55NO9. The number of carbonyl (C=O) groups excluding carboxylic acids is 3. The molecule has 0 radical (unpaired) electrons. The van der Waals surface area contributed by atoms with Crippen LogP contribution in [-0.2, 0) is 42.8 Å². The first-order valence-corrected chi connectivity index (χ1v) is 16.2. The van der Waals surface area contributed by atoms with E-state index in [9.17, 15) is 14.4 Å². The van der Waals surface area contributed by atoms with Crippen LogP contribution >= 0.6 is 0 Å². The smallest absolute Gasteiger partial charge is 0.331 e. The highest BCUT2D eigenvalue weighted by atomic mass is 16.7. The van der Waals surface area contributed by atoms with Gasteiger partial charge in [-0.25, -0.2) is 4.79 Å². The van der Waals surface area contributed by atoms with E-state index in [2.05, 4.69) is 12.2 Å². The molecule has 0 saturated carbocycles. The minimum atomic E-state index is -0.986. The third-order valence-electron chi connectivity index (χ3n) is 7.35. The predicted octanol–water partition coefficient (Wildman–Crippen LogP) is 5.35. The Balaban J connectivity index is 1.57. The maximum Gasteiger partial charge on any atom is 0.331 e. The molecule has 2 fully saturated rings. The van der Waals surface area contributed by atoms with Gasteiger partial charge < -0.3 is 33.7 Å². The Bertz CT molecular complexity index is 693. The predicted molar refractivity (Wildman–Crippen MR) is 154 cm³/mol. The lowest BCUT2D eigenvalue weighted by Crippen LogP contribution is -2.45. The van der Waals surface area contributed by atoms with Gasteiger partial charge in [0.15, 0.2) is 0 Å². The molecule has 10 nitrogen and oxygen atoms in total. The third-order valence-corrected chi connectivity index (χ3v) is 7.35. The second kappa shape index (κ2) is 23.8. The van der Waals surface area contributed by atoms with Gasteiger partial charge in [-0.1, -0.05) is 96.8 Å². The van der Waals surface area contributed by atoms with E-state index in [0.717, 1.165) is 19.3 Å². The summed E-state index contributed by atoms with van der Waals surface area (Å²) in [6, 6.07) is -0.986. The molecule has 0 aromatic heterocycles. The molecule has 2 aliphatic heterocycles. The van der Waals surface area contributed by atoms with E-state index < -0.39 is 30.6 Å².